The summed E-state index contributed by atoms with van der Waals surface area (Å²) >= 11 is 0. The Morgan fingerprint density at radius 3 is 3.12 bits per heavy atom. The molecule has 0 atom stereocenters. The van der Waals surface area contributed by atoms with Gasteiger partial charge in [-0.1, -0.05) is 0 Å². The molecule has 0 bridgehead atoms. The molecule has 2 aromatic heterocycles. The summed E-state index contributed by atoms with van der Waals surface area (Å²) < 4.78 is 1.92. The number of aromatic nitrogens is 5. The fourth-order valence-corrected chi connectivity index (χ4v) is 1.46. The molecule has 2 aromatic rings. The molecule has 2 N–H and O–H groups in total. The average Bonchev–Trinajstić information content (AvgIpc) is 2.95. The number of hydrogen-bond acceptors (Lipinski definition) is 4. The van der Waals surface area contributed by atoms with Crippen LogP contribution in [0.25, 0.3) is 0 Å². The third kappa shape index (κ3) is 2.90. The highest BCUT2D eigenvalue weighted by Gasteiger charge is 1.98. The van der Waals surface area contributed by atoms with E-state index in [0.717, 1.165) is 31.9 Å². The standard InChI is InChI=1S/C10H16N6/c1-2-16-7-9(6-14-16)5-11-4-3-10-12-8-13-15-10/h6-8,11H,2-5H2,1H3,(H,12,13,15). The van der Waals surface area contributed by atoms with Crippen molar-refractivity contribution in [3.8, 4) is 0 Å². The molecule has 0 saturated carbocycles. The number of rotatable bonds is 6. The fraction of sp³-hybridized carbons (Fsp3) is 0.500. The van der Waals surface area contributed by atoms with E-state index in [1.54, 1.807) is 0 Å². The van der Waals surface area contributed by atoms with Crippen molar-refractivity contribution >= 4 is 0 Å². The monoisotopic (exact) mass is 220 g/mol. The van der Waals surface area contributed by atoms with Crippen LogP contribution in [0.2, 0.25) is 0 Å². The van der Waals surface area contributed by atoms with Crippen molar-refractivity contribution in [2.24, 2.45) is 0 Å². The molecule has 0 radical (unpaired) electrons. The van der Waals surface area contributed by atoms with E-state index >= 15 is 0 Å². The zero-order valence-corrected chi connectivity index (χ0v) is 9.35. The lowest BCUT2D eigenvalue weighted by Gasteiger charge is -2.00. The summed E-state index contributed by atoms with van der Waals surface area (Å²) in [7, 11) is 0. The summed E-state index contributed by atoms with van der Waals surface area (Å²) in [5, 5.41) is 14.2. The topological polar surface area (TPSA) is 71.4 Å². The summed E-state index contributed by atoms with van der Waals surface area (Å²) in [6.45, 7) is 4.72. The van der Waals surface area contributed by atoms with Gasteiger partial charge in [-0.3, -0.25) is 9.78 Å². The van der Waals surface area contributed by atoms with E-state index in [2.05, 4.69) is 38.7 Å². The fourth-order valence-electron chi connectivity index (χ4n) is 1.46. The minimum Gasteiger partial charge on any atom is -0.312 e. The maximum Gasteiger partial charge on any atom is 0.137 e. The summed E-state index contributed by atoms with van der Waals surface area (Å²) in [5.41, 5.74) is 1.21. The maximum atomic E-state index is 4.21. The van der Waals surface area contributed by atoms with Gasteiger partial charge in [0, 0.05) is 37.8 Å². The molecule has 2 rings (SSSR count). The predicted octanol–water partition coefficient (Wildman–Crippen LogP) is 0.353. The van der Waals surface area contributed by atoms with Crippen LogP contribution in [0, 0.1) is 0 Å². The SMILES string of the molecule is CCn1cc(CNCCc2ncn[nH]2)cn1. The Kier molecular flexibility index (Phi) is 3.66. The molecule has 0 spiro atoms. The second-order valence-electron chi connectivity index (χ2n) is 3.56. The number of H-pyrrole nitrogens is 1. The Morgan fingerprint density at radius 2 is 2.44 bits per heavy atom. The predicted molar refractivity (Wildman–Crippen MR) is 59.7 cm³/mol. The number of aromatic amines is 1. The van der Waals surface area contributed by atoms with Crippen LogP contribution in [0.4, 0.5) is 0 Å². The Bertz CT molecular complexity index is 405. The molecule has 0 unspecified atom stereocenters. The first-order chi connectivity index (χ1) is 7.88. The van der Waals surface area contributed by atoms with E-state index in [4.69, 9.17) is 0 Å². The highest BCUT2D eigenvalue weighted by Crippen LogP contribution is 1.96. The summed E-state index contributed by atoms with van der Waals surface area (Å²) in [4.78, 5) is 4.06. The Labute approximate surface area is 94.1 Å². The smallest absolute Gasteiger partial charge is 0.137 e. The number of hydrogen-bond donors (Lipinski definition) is 2. The Balaban J connectivity index is 1.68. The first kappa shape index (κ1) is 10.8. The van der Waals surface area contributed by atoms with Crippen molar-refractivity contribution in [3.63, 3.8) is 0 Å². The molecule has 0 amide bonds. The molecule has 0 aliphatic carbocycles. The van der Waals surface area contributed by atoms with Crippen LogP contribution in [0.1, 0.15) is 18.3 Å². The zero-order chi connectivity index (χ0) is 11.2. The van der Waals surface area contributed by atoms with Crippen LogP contribution >= 0.6 is 0 Å². The number of nitrogens with zero attached hydrogens (tertiary/aromatic N) is 4. The average molecular weight is 220 g/mol. The van der Waals surface area contributed by atoms with Gasteiger partial charge in [-0.2, -0.15) is 10.2 Å². The van der Waals surface area contributed by atoms with Gasteiger partial charge in [0.15, 0.2) is 0 Å². The highest BCUT2D eigenvalue weighted by atomic mass is 15.3. The van der Waals surface area contributed by atoms with Crippen molar-refractivity contribution in [1.29, 1.82) is 0 Å². The third-order valence-corrected chi connectivity index (χ3v) is 2.34. The third-order valence-electron chi connectivity index (χ3n) is 2.34. The molecular formula is C10H16N6. The first-order valence-corrected chi connectivity index (χ1v) is 5.44. The lowest BCUT2D eigenvalue weighted by Crippen LogP contribution is -2.16. The Morgan fingerprint density at radius 1 is 1.50 bits per heavy atom. The van der Waals surface area contributed by atoms with Crippen LogP contribution in [-0.4, -0.2) is 31.5 Å². The van der Waals surface area contributed by atoms with Gasteiger partial charge in [-0.15, -0.1) is 0 Å². The van der Waals surface area contributed by atoms with Gasteiger partial charge in [0.1, 0.15) is 12.2 Å². The van der Waals surface area contributed by atoms with Crippen LogP contribution in [0.15, 0.2) is 18.7 Å². The normalized spacial score (nSPS) is 10.8. The van der Waals surface area contributed by atoms with E-state index in [1.807, 2.05) is 10.9 Å². The Hall–Kier alpha value is -1.69. The van der Waals surface area contributed by atoms with Crippen LogP contribution in [0.3, 0.4) is 0 Å². The van der Waals surface area contributed by atoms with Crippen molar-refractivity contribution < 1.29 is 0 Å². The lowest BCUT2D eigenvalue weighted by molar-refractivity contribution is 0.653. The number of nitrogens with one attached hydrogen (secondary N) is 2. The van der Waals surface area contributed by atoms with E-state index in [0.29, 0.717) is 0 Å². The quantitative estimate of drug-likeness (QED) is 0.689. The highest BCUT2D eigenvalue weighted by molar-refractivity contribution is 5.03. The van der Waals surface area contributed by atoms with Gasteiger partial charge in [0.25, 0.3) is 0 Å². The molecule has 0 aliphatic rings. The van der Waals surface area contributed by atoms with Gasteiger partial charge < -0.3 is 5.32 Å². The van der Waals surface area contributed by atoms with E-state index in [-0.39, 0.29) is 0 Å². The molecule has 6 heteroatoms. The van der Waals surface area contributed by atoms with Crippen LogP contribution in [0.5, 0.6) is 0 Å². The van der Waals surface area contributed by atoms with Crippen molar-refractivity contribution in [1.82, 2.24) is 30.3 Å². The van der Waals surface area contributed by atoms with Gasteiger partial charge in [-0.05, 0) is 6.92 Å². The molecule has 86 valence electrons. The van der Waals surface area contributed by atoms with Gasteiger partial charge >= 0.3 is 0 Å². The molecule has 0 aromatic carbocycles. The lowest BCUT2D eigenvalue weighted by atomic mass is 10.3. The summed E-state index contributed by atoms with van der Waals surface area (Å²) in [5.74, 6) is 0.914. The molecule has 0 fully saturated rings. The van der Waals surface area contributed by atoms with Crippen LogP contribution < -0.4 is 5.32 Å². The van der Waals surface area contributed by atoms with Crippen molar-refractivity contribution in [2.45, 2.75) is 26.4 Å². The minimum atomic E-state index is 0.841. The van der Waals surface area contributed by atoms with Crippen molar-refractivity contribution in [2.75, 3.05) is 6.54 Å². The van der Waals surface area contributed by atoms with Gasteiger partial charge in [0.2, 0.25) is 0 Å². The molecule has 2 heterocycles. The summed E-state index contributed by atoms with van der Waals surface area (Å²) in [6, 6.07) is 0. The number of aryl methyl sites for hydroxylation is 1. The maximum absolute atomic E-state index is 4.21. The molecule has 6 nitrogen and oxygen atoms in total. The molecule has 0 saturated heterocycles. The van der Waals surface area contributed by atoms with E-state index in [9.17, 15) is 0 Å². The largest absolute Gasteiger partial charge is 0.312 e. The van der Waals surface area contributed by atoms with Gasteiger partial charge in [0.05, 0.1) is 6.20 Å². The van der Waals surface area contributed by atoms with Gasteiger partial charge in [-0.25, -0.2) is 4.98 Å². The molecule has 0 aliphatic heterocycles. The summed E-state index contributed by atoms with van der Waals surface area (Å²) in [6.07, 6.45) is 6.34. The van der Waals surface area contributed by atoms with Crippen molar-refractivity contribution in [3.05, 3.63) is 30.1 Å². The van der Waals surface area contributed by atoms with Crippen LogP contribution in [-0.2, 0) is 19.5 Å². The van der Waals surface area contributed by atoms with E-state index < -0.39 is 0 Å². The van der Waals surface area contributed by atoms with E-state index in [1.165, 1.54) is 11.9 Å². The minimum absolute atomic E-state index is 0.841. The zero-order valence-electron chi connectivity index (χ0n) is 9.35. The molecular weight excluding hydrogens is 204 g/mol. The second kappa shape index (κ2) is 5.41. The second-order valence-corrected chi connectivity index (χ2v) is 3.56. The molecule has 16 heavy (non-hydrogen) atoms. The first-order valence-electron chi connectivity index (χ1n) is 5.44.